The van der Waals surface area contributed by atoms with E-state index in [2.05, 4.69) is 4.72 Å². The molecule has 1 N–H and O–H groups in total. The third-order valence-corrected chi connectivity index (χ3v) is 6.60. The molecule has 0 aliphatic heterocycles. The Bertz CT molecular complexity index is 938. The van der Waals surface area contributed by atoms with E-state index in [4.69, 9.17) is 16.0 Å². The predicted molar refractivity (Wildman–Crippen MR) is 94.9 cm³/mol. The lowest BCUT2D eigenvalue weighted by Crippen LogP contribution is -2.34. The van der Waals surface area contributed by atoms with Crippen molar-refractivity contribution >= 4 is 31.5 Å². The molecule has 0 saturated carbocycles. The molecule has 2 rings (SSSR count). The molecule has 2 aromatic rings. The molecular formula is C15H19ClN2O5S2. The quantitative estimate of drug-likeness (QED) is 0.754. The lowest BCUT2D eigenvalue weighted by Gasteiger charge is -2.22. The SMILES string of the molecule is CN(C)C(CNS(=O)(=O)c1cc(S(C)(=O)=O)ccc1Cl)c1ccco1. The van der Waals surface area contributed by atoms with Gasteiger partial charge in [-0.05, 0) is 44.4 Å². The number of likely N-dealkylation sites (N-methyl/N-ethyl adjacent to an activating group) is 1. The van der Waals surface area contributed by atoms with E-state index in [9.17, 15) is 16.8 Å². The van der Waals surface area contributed by atoms with Gasteiger partial charge in [-0.15, -0.1) is 0 Å². The fraction of sp³-hybridized carbons (Fsp3) is 0.333. The predicted octanol–water partition coefficient (Wildman–Crippen LogP) is 1.92. The zero-order valence-electron chi connectivity index (χ0n) is 13.9. The summed E-state index contributed by atoms with van der Waals surface area (Å²) in [5, 5.41) is -0.0562. The van der Waals surface area contributed by atoms with E-state index < -0.39 is 19.9 Å². The van der Waals surface area contributed by atoms with Crippen molar-refractivity contribution in [3.05, 3.63) is 47.4 Å². The number of sulfone groups is 1. The largest absolute Gasteiger partial charge is 0.468 e. The summed E-state index contributed by atoms with van der Waals surface area (Å²) in [4.78, 5) is 1.40. The molecule has 25 heavy (non-hydrogen) atoms. The number of furan rings is 1. The first-order chi connectivity index (χ1) is 11.5. The molecule has 0 spiro atoms. The number of nitrogens with one attached hydrogen (secondary N) is 1. The molecule has 138 valence electrons. The summed E-state index contributed by atoms with van der Waals surface area (Å²) in [7, 11) is -3.98. The Balaban J connectivity index is 2.30. The summed E-state index contributed by atoms with van der Waals surface area (Å²) in [5.41, 5.74) is 0. The minimum absolute atomic E-state index is 0.0300. The molecule has 10 heteroatoms. The summed E-state index contributed by atoms with van der Waals surface area (Å²) in [6, 6.07) is 6.70. The van der Waals surface area contributed by atoms with Crippen molar-refractivity contribution in [2.45, 2.75) is 15.8 Å². The number of sulfonamides is 1. The Morgan fingerprint density at radius 1 is 1.20 bits per heavy atom. The van der Waals surface area contributed by atoms with Crippen LogP contribution in [0.15, 0.2) is 50.8 Å². The Hall–Kier alpha value is -1.39. The summed E-state index contributed by atoms with van der Waals surface area (Å²) >= 11 is 5.97. The molecule has 0 aliphatic carbocycles. The average molecular weight is 407 g/mol. The number of rotatable bonds is 7. The van der Waals surface area contributed by atoms with Crippen LogP contribution in [-0.2, 0) is 19.9 Å². The highest BCUT2D eigenvalue weighted by atomic mass is 35.5. The standard InChI is InChI=1S/C15H19ClN2O5S2/c1-18(2)13(14-5-4-8-23-14)10-17-25(21,22)15-9-11(24(3,19)20)6-7-12(15)16/h4-9,13,17H,10H2,1-3H3. The normalized spacial score (nSPS) is 14.0. The van der Waals surface area contributed by atoms with Crippen LogP contribution in [0.25, 0.3) is 0 Å². The lowest BCUT2D eigenvalue weighted by molar-refractivity contribution is 0.259. The van der Waals surface area contributed by atoms with Crippen LogP contribution in [0.4, 0.5) is 0 Å². The third-order valence-electron chi connectivity index (χ3n) is 3.58. The van der Waals surface area contributed by atoms with E-state index in [1.807, 2.05) is 0 Å². The van der Waals surface area contributed by atoms with Crippen LogP contribution in [0, 0.1) is 0 Å². The molecule has 0 radical (unpaired) electrons. The first kappa shape index (κ1) is 19.9. The molecule has 1 aromatic carbocycles. The van der Waals surface area contributed by atoms with Crippen molar-refractivity contribution < 1.29 is 21.3 Å². The van der Waals surface area contributed by atoms with Crippen LogP contribution in [0.1, 0.15) is 11.8 Å². The van der Waals surface area contributed by atoms with Crippen LogP contribution in [0.3, 0.4) is 0 Å². The van der Waals surface area contributed by atoms with Crippen LogP contribution in [-0.4, -0.2) is 48.6 Å². The monoisotopic (exact) mass is 406 g/mol. The Kier molecular flexibility index (Phi) is 5.95. The van der Waals surface area contributed by atoms with Gasteiger partial charge in [0, 0.05) is 12.8 Å². The number of nitrogens with zero attached hydrogens (tertiary/aromatic N) is 1. The first-order valence-electron chi connectivity index (χ1n) is 7.21. The number of hydrogen-bond donors (Lipinski definition) is 1. The van der Waals surface area contributed by atoms with Crippen molar-refractivity contribution in [2.24, 2.45) is 0 Å². The van der Waals surface area contributed by atoms with E-state index in [0.717, 1.165) is 12.3 Å². The van der Waals surface area contributed by atoms with Gasteiger partial charge in [0.2, 0.25) is 10.0 Å². The second-order valence-corrected chi connectivity index (χ2v) is 9.87. The maximum atomic E-state index is 12.6. The molecule has 0 aliphatic rings. The van der Waals surface area contributed by atoms with Gasteiger partial charge >= 0.3 is 0 Å². The highest BCUT2D eigenvalue weighted by Gasteiger charge is 2.24. The number of halogens is 1. The van der Waals surface area contributed by atoms with Gasteiger partial charge in [-0.2, -0.15) is 0 Å². The van der Waals surface area contributed by atoms with Gasteiger partial charge in [-0.1, -0.05) is 11.6 Å². The summed E-state index contributed by atoms with van der Waals surface area (Å²) < 4.78 is 56.3. The fourth-order valence-electron chi connectivity index (χ4n) is 2.21. The van der Waals surface area contributed by atoms with Gasteiger partial charge in [0.15, 0.2) is 9.84 Å². The third kappa shape index (κ3) is 4.83. The van der Waals surface area contributed by atoms with Crippen molar-refractivity contribution in [3.8, 4) is 0 Å². The van der Waals surface area contributed by atoms with Crippen molar-refractivity contribution in [1.82, 2.24) is 9.62 Å². The maximum absolute atomic E-state index is 12.6. The second kappa shape index (κ2) is 7.46. The minimum atomic E-state index is -4.01. The molecule has 0 saturated heterocycles. The average Bonchev–Trinajstić information content (AvgIpc) is 3.00. The molecule has 0 bridgehead atoms. The van der Waals surface area contributed by atoms with Crippen molar-refractivity contribution in [1.29, 1.82) is 0 Å². The highest BCUT2D eigenvalue weighted by Crippen LogP contribution is 2.25. The molecule has 1 heterocycles. The van der Waals surface area contributed by atoms with E-state index in [1.165, 1.54) is 18.4 Å². The topological polar surface area (TPSA) is 96.7 Å². The van der Waals surface area contributed by atoms with E-state index in [1.54, 1.807) is 31.1 Å². The van der Waals surface area contributed by atoms with Crippen LogP contribution in [0.2, 0.25) is 5.02 Å². The highest BCUT2D eigenvalue weighted by molar-refractivity contribution is 7.91. The van der Waals surface area contributed by atoms with E-state index in [-0.39, 0.29) is 27.4 Å². The molecule has 0 amide bonds. The fourth-order valence-corrected chi connectivity index (χ4v) is 4.49. The van der Waals surface area contributed by atoms with E-state index >= 15 is 0 Å². The van der Waals surface area contributed by atoms with Gasteiger partial charge in [-0.3, -0.25) is 4.90 Å². The molecule has 1 unspecified atom stereocenters. The Morgan fingerprint density at radius 2 is 1.88 bits per heavy atom. The number of hydrogen-bond acceptors (Lipinski definition) is 6. The molecule has 0 fully saturated rings. The van der Waals surface area contributed by atoms with Gasteiger partial charge < -0.3 is 4.42 Å². The van der Waals surface area contributed by atoms with Gasteiger partial charge in [-0.25, -0.2) is 21.6 Å². The number of benzene rings is 1. The summed E-state index contributed by atoms with van der Waals surface area (Å²) in [5.74, 6) is 0.601. The van der Waals surface area contributed by atoms with Crippen LogP contribution >= 0.6 is 11.6 Å². The van der Waals surface area contributed by atoms with Crippen LogP contribution < -0.4 is 4.72 Å². The Labute approximate surface area is 152 Å². The van der Waals surface area contributed by atoms with Crippen molar-refractivity contribution in [2.75, 3.05) is 26.9 Å². The zero-order valence-corrected chi connectivity index (χ0v) is 16.3. The van der Waals surface area contributed by atoms with Crippen molar-refractivity contribution in [3.63, 3.8) is 0 Å². The molecular weight excluding hydrogens is 388 g/mol. The minimum Gasteiger partial charge on any atom is -0.468 e. The van der Waals surface area contributed by atoms with E-state index in [0.29, 0.717) is 5.76 Å². The zero-order chi connectivity index (χ0) is 18.8. The molecule has 7 nitrogen and oxygen atoms in total. The lowest BCUT2D eigenvalue weighted by atomic mass is 10.2. The second-order valence-electron chi connectivity index (χ2n) is 5.71. The Morgan fingerprint density at radius 3 is 2.40 bits per heavy atom. The summed E-state index contributed by atoms with van der Waals surface area (Å²) in [6.07, 6.45) is 2.51. The maximum Gasteiger partial charge on any atom is 0.242 e. The molecule has 1 atom stereocenters. The van der Waals surface area contributed by atoms with Gasteiger partial charge in [0.05, 0.1) is 22.2 Å². The van der Waals surface area contributed by atoms with Crippen LogP contribution in [0.5, 0.6) is 0 Å². The molecule has 1 aromatic heterocycles. The summed E-state index contributed by atoms with van der Waals surface area (Å²) in [6.45, 7) is 0.0300. The van der Waals surface area contributed by atoms with Gasteiger partial charge in [0.25, 0.3) is 0 Å². The first-order valence-corrected chi connectivity index (χ1v) is 11.0. The van der Waals surface area contributed by atoms with Gasteiger partial charge in [0.1, 0.15) is 10.7 Å². The smallest absolute Gasteiger partial charge is 0.242 e.